The number of rotatable bonds is 8. The van der Waals surface area contributed by atoms with E-state index >= 15 is 0 Å². The number of nitrogens with zero attached hydrogens (tertiary/aromatic N) is 2. The molecule has 1 heterocycles. The molecule has 1 atom stereocenters. The smallest absolute Gasteiger partial charge is 0.227 e. The zero-order valence-electron chi connectivity index (χ0n) is 14.4. The van der Waals surface area contributed by atoms with E-state index in [1.165, 1.54) is 12.8 Å². The number of likely N-dealkylation sites (tertiary alicyclic amines) is 1. The zero-order chi connectivity index (χ0) is 15.9. The van der Waals surface area contributed by atoms with E-state index in [-0.39, 0.29) is 17.7 Å². The number of amides is 2. The molecule has 2 rings (SSSR count). The van der Waals surface area contributed by atoms with Crippen molar-refractivity contribution in [1.29, 1.82) is 0 Å². The van der Waals surface area contributed by atoms with Gasteiger partial charge in [-0.15, -0.1) is 0 Å². The van der Waals surface area contributed by atoms with Crippen LogP contribution in [0.4, 0.5) is 0 Å². The molecular formula is C18H32N2O2. The van der Waals surface area contributed by atoms with Crippen molar-refractivity contribution in [2.45, 2.75) is 77.7 Å². The van der Waals surface area contributed by atoms with E-state index in [0.717, 1.165) is 51.6 Å². The Labute approximate surface area is 135 Å². The van der Waals surface area contributed by atoms with Gasteiger partial charge in [0.05, 0.1) is 5.92 Å². The van der Waals surface area contributed by atoms with Crippen LogP contribution < -0.4 is 0 Å². The molecule has 0 radical (unpaired) electrons. The van der Waals surface area contributed by atoms with Crippen LogP contribution >= 0.6 is 0 Å². The molecule has 0 N–H and O–H groups in total. The molecule has 4 nitrogen and oxygen atoms in total. The molecule has 0 unspecified atom stereocenters. The van der Waals surface area contributed by atoms with Crippen LogP contribution in [-0.4, -0.2) is 47.3 Å². The lowest BCUT2D eigenvalue weighted by Gasteiger charge is -2.27. The van der Waals surface area contributed by atoms with Crippen LogP contribution in [0.25, 0.3) is 0 Å². The summed E-state index contributed by atoms with van der Waals surface area (Å²) in [6.45, 7) is 6.68. The van der Waals surface area contributed by atoms with E-state index in [2.05, 4.69) is 13.8 Å². The highest BCUT2D eigenvalue weighted by molar-refractivity contribution is 5.89. The summed E-state index contributed by atoms with van der Waals surface area (Å²) in [6.07, 6.45) is 9.47. The van der Waals surface area contributed by atoms with E-state index in [1.54, 1.807) is 0 Å². The highest BCUT2D eigenvalue weighted by atomic mass is 16.2. The molecule has 22 heavy (non-hydrogen) atoms. The van der Waals surface area contributed by atoms with Crippen molar-refractivity contribution < 1.29 is 9.59 Å². The first-order valence-electron chi connectivity index (χ1n) is 9.25. The summed E-state index contributed by atoms with van der Waals surface area (Å²) in [5.41, 5.74) is 0. The van der Waals surface area contributed by atoms with Gasteiger partial charge in [-0.25, -0.2) is 0 Å². The van der Waals surface area contributed by atoms with Crippen LogP contribution in [0.2, 0.25) is 0 Å². The Kier molecular flexibility index (Phi) is 6.71. The Bertz CT molecular complexity index is 369. The third-order valence-electron chi connectivity index (χ3n) is 5.15. The average Bonchev–Trinajstić information content (AvgIpc) is 3.16. The highest BCUT2D eigenvalue weighted by Gasteiger charge is 2.39. The summed E-state index contributed by atoms with van der Waals surface area (Å²) in [7, 11) is 0. The summed E-state index contributed by atoms with van der Waals surface area (Å²) >= 11 is 0. The topological polar surface area (TPSA) is 40.6 Å². The zero-order valence-corrected chi connectivity index (χ0v) is 14.4. The van der Waals surface area contributed by atoms with Gasteiger partial charge in [-0.1, -0.05) is 39.5 Å². The predicted molar refractivity (Wildman–Crippen MR) is 88.5 cm³/mol. The first-order valence-corrected chi connectivity index (χ1v) is 9.25. The van der Waals surface area contributed by atoms with Gasteiger partial charge in [0.2, 0.25) is 11.8 Å². The molecule has 2 aliphatic rings. The lowest BCUT2D eigenvalue weighted by atomic mass is 10.1. The number of hydrogen-bond donors (Lipinski definition) is 0. The highest BCUT2D eigenvalue weighted by Crippen LogP contribution is 2.30. The van der Waals surface area contributed by atoms with Crippen molar-refractivity contribution in [1.82, 2.24) is 9.80 Å². The number of carbonyl (C=O) groups excluding carboxylic acids is 2. The fourth-order valence-electron chi connectivity index (χ4n) is 3.75. The lowest BCUT2D eigenvalue weighted by Crippen LogP contribution is -2.40. The van der Waals surface area contributed by atoms with Gasteiger partial charge in [-0.05, 0) is 25.7 Å². The Morgan fingerprint density at radius 1 is 1.14 bits per heavy atom. The Balaban J connectivity index is 1.93. The summed E-state index contributed by atoms with van der Waals surface area (Å²) in [6, 6.07) is 0.407. The molecular weight excluding hydrogens is 276 g/mol. The maximum absolute atomic E-state index is 12.8. The molecule has 0 aromatic heterocycles. The van der Waals surface area contributed by atoms with E-state index in [1.807, 2.05) is 9.80 Å². The summed E-state index contributed by atoms with van der Waals surface area (Å²) in [5, 5.41) is 0. The first-order chi connectivity index (χ1) is 10.7. The molecule has 2 fully saturated rings. The fraction of sp³-hybridized carbons (Fsp3) is 0.889. The van der Waals surface area contributed by atoms with Gasteiger partial charge in [-0.2, -0.15) is 0 Å². The lowest BCUT2D eigenvalue weighted by molar-refractivity contribution is -0.136. The van der Waals surface area contributed by atoms with Crippen LogP contribution in [0.1, 0.15) is 71.6 Å². The number of carbonyl (C=O) groups is 2. The van der Waals surface area contributed by atoms with Crippen molar-refractivity contribution in [3.05, 3.63) is 0 Å². The quantitative estimate of drug-likeness (QED) is 0.691. The predicted octanol–water partition coefficient (Wildman–Crippen LogP) is 3.21. The molecule has 0 aromatic rings. The van der Waals surface area contributed by atoms with E-state index in [4.69, 9.17) is 0 Å². The Morgan fingerprint density at radius 3 is 2.27 bits per heavy atom. The second-order valence-electron chi connectivity index (χ2n) is 6.92. The van der Waals surface area contributed by atoms with Crippen LogP contribution in [-0.2, 0) is 9.59 Å². The van der Waals surface area contributed by atoms with Gasteiger partial charge in [0.15, 0.2) is 0 Å². The van der Waals surface area contributed by atoms with Crippen LogP contribution in [0.3, 0.4) is 0 Å². The van der Waals surface area contributed by atoms with Crippen LogP contribution in [0.15, 0.2) is 0 Å². The summed E-state index contributed by atoms with van der Waals surface area (Å²) < 4.78 is 0. The molecule has 1 aliphatic heterocycles. The largest absolute Gasteiger partial charge is 0.342 e. The van der Waals surface area contributed by atoms with Gasteiger partial charge in [0, 0.05) is 32.1 Å². The summed E-state index contributed by atoms with van der Waals surface area (Å²) in [5.74, 6) is 0.328. The van der Waals surface area contributed by atoms with E-state index in [9.17, 15) is 9.59 Å². The normalized spacial score (nSPS) is 22.5. The number of hydrogen-bond acceptors (Lipinski definition) is 2. The van der Waals surface area contributed by atoms with Crippen molar-refractivity contribution in [2.24, 2.45) is 5.92 Å². The maximum atomic E-state index is 12.8. The van der Waals surface area contributed by atoms with Crippen molar-refractivity contribution in [3.8, 4) is 0 Å². The summed E-state index contributed by atoms with van der Waals surface area (Å²) in [4.78, 5) is 29.1. The van der Waals surface area contributed by atoms with Crippen molar-refractivity contribution in [3.63, 3.8) is 0 Å². The average molecular weight is 308 g/mol. The molecule has 2 amide bonds. The minimum absolute atomic E-state index is 0.0955. The molecule has 1 saturated carbocycles. The van der Waals surface area contributed by atoms with E-state index in [0.29, 0.717) is 19.0 Å². The Hall–Kier alpha value is -1.06. The van der Waals surface area contributed by atoms with Gasteiger partial charge in [0.25, 0.3) is 0 Å². The molecule has 1 aliphatic carbocycles. The third kappa shape index (κ3) is 4.23. The van der Waals surface area contributed by atoms with Crippen LogP contribution in [0.5, 0.6) is 0 Å². The molecule has 0 bridgehead atoms. The fourth-order valence-corrected chi connectivity index (χ4v) is 3.75. The Morgan fingerprint density at radius 2 is 1.73 bits per heavy atom. The second-order valence-corrected chi connectivity index (χ2v) is 6.92. The molecule has 4 heteroatoms. The van der Waals surface area contributed by atoms with Gasteiger partial charge in [0.1, 0.15) is 0 Å². The monoisotopic (exact) mass is 308 g/mol. The molecule has 1 saturated heterocycles. The van der Waals surface area contributed by atoms with Crippen molar-refractivity contribution in [2.75, 3.05) is 19.6 Å². The second kappa shape index (κ2) is 8.54. The van der Waals surface area contributed by atoms with Gasteiger partial charge < -0.3 is 9.80 Å². The standard InChI is InChI=1S/C18H32N2O2/c1-3-5-11-19(12-6-4-2)18(22)15-13-17(21)20(14-15)16-9-7-8-10-16/h15-16H,3-14H2,1-2H3/t15-/m0/s1. The molecule has 0 spiro atoms. The van der Waals surface area contributed by atoms with Gasteiger partial charge >= 0.3 is 0 Å². The van der Waals surface area contributed by atoms with Crippen LogP contribution in [0, 0.1) is 5.92 Å². The SMILES string of the molecule is CCCCN(CCCC)C(=O)[C@H]1CC(=O)N(C2CCCC2)C1. The number of unbranched alkanes of at least 4 members (excludes halogenated alkanes) is 2. The third-order valence-corrected chi connectivity index (χ3v) is 5.15. The molecule has 0 aromatic carbocycles. The maximum Gasteiger partial charge on any atom is 0.227 e. The van der Waals surface area contributed by atoms with Crippen molar-refractivity contribution >= 4 is 11.8 Å². The van der Waals surface area contributed by atoms with E-state index < -0.39 is 0 Å². The first kappa shape index (κ1) is 17.3. The van der Waals surface area contributed by atoms with Gasteiger partial charge in [-0.3, -0.25) is 9.59 Å². The minimum atomic E-state index is -0.0955. The minimum Gasteiger partial charge on any atom is -0.342 e. The molecule has 126 valence electrons.